The molecule has 0 unspecified atom stereocenters. The molecular weight excluding hydrogens is 278 g/mol. The van der Waals surface area contributed by atoms with Crippen molar-refractivity contribution in [2.24, 2.45) is 0 Å². The van der Waals surface area contributed by atoms with Gasteiger partial charge in [-0.2, -0.15) is 0 Å². The zero-order chi connectivity index (χ0) is 15.9. The summed E-state index contributed by atoms with van der Waals surface area (Å²) in [6.07, 6.45) is 0. The van der Waals surface area contributed by atoms with Crippen molar-refractivity contribution in [1.82, 2.24) is 5.32 Å². The molecule has 1 N–H and O–H groups in total. The van der Waals surface area contributed by atoms with Crippen LogP contribution in [0.25, 0.3) is 0 Å². The smallest absolute Gasteiger partial charge is 0.251 e. The SMILES string of the molecule is COc1ccccc1OCCNC(=O)c1ccc(C)c(C)c1. The molecule has 0 fully saturated rings. The molecule has 116 valence electrons. The van der Waals surface area contributed by atoms with Crippen molar-refractivity contribution in [2.45, 2.75) is 13.8 Å². The van der Waals surface area contributed by atoms with Crippen LogP contribution in [0.2, 0.25) is 0 Å². The molecule has 0 heterocycles. The van der Waals surface area contributed by atoms with E-state index in [0.29, 0.717) is 30.2 Å². The summed E-state index contributed by atoms with van der Waals surface area (Å²) in [6.45, 7) is 4.84. The summed E-state index contributed by atoms with van der Waals surface area (Å²) in [4.78, 5) is 12.1. The van der Waals surface area contributed by atoms with E-state index in [1.165, 1.54) is 5.56 Å². The van der Waals surface area contributed by atoms with Gasteiger partial charge in [-0.15, -0.1) is 0 Å². The molecule has 0 atom stereocenters. The quantitative estimate of drug-likeness (QED) is 0.834. The van der Waals surface area contributed by atoms with Crippen molar-refractivity contribution in [3.63, 3.8) is 0 Å². The average molecular weight is 299 g/mol. The number of para-hydroxylation sites is 2. The molecule has 22 heavy (non-hydrogen) atoms. The van der Waals surface area contributed by atoms with E-state index >= 15 is 0 Å². The molecule has 0 saturated carbocycles. The highest BCUT2D eigenvalue weighted by Gasteiger charge is 2.07. The standard InChI is InChI=1S/C18H21NO3/c1-13-8-9-15(12-14(13)2)18(20)19-10-11-22-17-7-5-4-6-16(17)21-3/h4-9,12H,10-11H2,1-3H3,(H,19,20). The zero-order valence-corrected chi connectivity index (χ0v) is 13.2. The van der Waals surface area contributed by atoms with E-state index in [9.17, 15) is 4.79 Å². The number of hydrogen-bond donors (Lipinski definition) is 1. The van der Waals surface area contributed by atoms with Gasteiger partial charge in [0.25, 0.3) is 5.91 Å². The highest BCUT2D eigenvalue weighted by molar-refractivity contribution is 5.94. The molecule has 0 aliphatic carbocycles. The monoisotopic (exact) mass is 299 g/mol. The molecule has 0 spiro atoms. The topological polar surface area (TPSA) is 47.6 Å². The van der Waals surface area contributed by atoms with Gasteiger partial charge in [0.2, 0.25) is 0 Å². The Morgan fingerprint density at radius 3 is 2.45 bits per heavy atom. The minimum absolute atomic E-state index is 0.0910. The summed E-state index contributed by atoms with van der Waals surface area (Å²) in [5.74, 6) is 1.26. The number of ether oxygens (including phenoxy) is 2. The van der Waals surface area contributed by atoms with Crippen LogP contribution < -0.4 is 14.8 Å². The highest BCUT2D eigenvalue weighted by Crippen LogP contribution is 2.25. The van der Waals surface area contributed by atoms with Gasteiger partial charge >= 0.3 is 0 Å². The maximum Gasteiger partial charge on any atom is 0.251 e. The lowest BCUT2D eigenvalue weighted by molar-refractivity contribution is 0.0946. The largest absolute Gasteiger partial charge is 0.493 e. The number of hydrogen-bond acceptors (Lipinski definition) is 3. The van der Waals surface area contributed by atoms with Gasteiger partial charge in [-0.3, -0.25) is 4.79 Å². The van der Waals surface area contributed by atoms with Crippen molar-refractivity contribution < 1.29 is 14.3 Å². The third-order valence-electron chi connectivity index (χ3n) is 3.48. The Morgan fingerprint density at radius 1 is 1.05 bits per heavy atom. The van der Waals surface area contributed by atoms with Gasteiger partial charge in [0.15, 0.2) is 11.5 Å². The molecule has 4 heteroatoms. The van der Waals surface area contributed by atoms with Crippen molar-refractivity contribution >= 4 is 5.91 Å². The number of nitrogens with one attached hydrogen (secondary N) is 1. The van der Waals surface area contributed by atoms with Gasteiger partial charge in [-0.25, -0.2) is 0 Å². The van der Waals surface area contributed by atoms with Crippen LogP contribution in [-0.4, -0.2) is 26.2 Å². The van der Waals surface area contributed by atoms with Gasteiger partial charge in [-0.1, -0.05) is 18.2 Å². The number of rotatable bonds is 6. The van der Waals surface area contributed by atoms with Gasteiger partial charge in [0.1, 0.15) is 6.61 Å². The Morgan fingerprint density at radius 2 is 1.77 bits per heavy atom. The Kier molecular flexibility index (Phi) is 5.42. The third-order valence-corrected chi connectivity index (χ3v) is 3.48. The first-order chi connectivity index (χ1) is 10.6. The second kappa shape index (κ2) is 7.50. The maximum atomic E-state index is 12.1. The number of carbonyl (C=O) groups is 1. The van der Waals surface area contributed by atoms with Crippen molar-refractivity contribution in [3.05, 3.63) is 59.2 Å². The molecule has 2 rings (SSSR count). The van der Waals surface area contributed by atoms with Crippen LogP contribution in [0.5, 0.6) is 11.5 Å². The second-order valence-corrected chi connectivity index (χ2v) is 5.05. The van der Waals surface area contributed by atoms with Gasteiger partial charge < -0.3 is 14.8 Å². The van der Waals surface area contributed by atoms with E-state index in [1.807, 2.05) is 56.3 Å². The van der Waals surface area contributed by atoms with Crippen LogP contribution in [0.3, 0.4) is 0 Å². The van der Waals surface area contributed by atoms with Gasteiger partial charge in [0.05, 0.1) is 13.7 Å². The van der Waals surface area contributed by atoms with E-state index in [-0.39, 0.29) is 5.91 Å². The molecule has 0 aliphatic rings. The fraction of sp³-hybridized carbons (Fsp3) is 0.278. The summed E-state index contributed by atoms with van der Waals surface area (Å²) >= 11 is 0. The summed E-state index contributed by atoms with van der Waals surface area (Å²) < 4.78 is 10.8. The zero-order valence-electron chi connectivity index (χ0n) is 13.2. The summed E-state index contributed by atoms with van der Waals surface area (Å²) in [7, 11) is 1.60. The predicted molar refractivity (Wildman–Crippen MR) is 86.7 cm³/mol. The Hall–Kier alpha value is -2.49. The van der Waals surface area contributed by atoms with Crippen molar-refractivity contribution in [1.29, 1.82) is 0 Å². The first-order valence-electron chi connectivity index (χ1n) is 7.23. The predicted octanol–water partition coefficient (Wildman–Crippen LogP) is 3.12. The lowest BCUT2D eigenvalue weighted by atomic mass is 10.1. The normalized spacial score (nSPS) is 10.1. The van der Waals surface area contributed by atoms with E-state index in [1.54, 1.807) is 7.11 Å². The molecular formula is C18H21NO3. The van der Waals surface area contributed by atoms with E-state index in [2.05, 4.69) is 5.32 Å². The minimum atomic E-state index is -0.0910. The summed E-state index contributed by atoms with van der Waals surface area (Å²) in [5, 5.41) is 2.85. The van der Waals surface area contributed by atoms with E-state index in [4.69, 9.17) is 9.47 Å². The Bertz CT molecular complexity index is 653. The molecule has 1 amide bonds. The van der Waals surface area contributed by atoms with Crippen LogP contribution in [0.15, 0.2) is 42.5 Å². The Balaban J connectivity index is 1.83. The third kappa shape index (κ3) is 4.01. The fourth-order valence-electron chi connectivity index (χ4n) is 2.05. The van der Waals surface area contributed by atoms with Crippen LogP contribution in [0, 0.1) is 13.8 Å². The molecule has 2 aromatic rings. The van der Waals surface area contributed by atoms with E-state index < -0.39 is 0 Å². The average Bonchev–Trinajstić information content (AvgIpc) is 2.54. The van der Waals surface area contributed by atoms with E-state index in [0.717, 1.165) is 5.56 Å². The molecule has 4 nitrogen and oxygen atoms in total. The van der Waals surface area contributed by atoms with Crippen molar-refractivity contribution in [3.8, 4) is 11.5 Å². The Labute approximate surface area is 131 Å². The van der Waals surface area contributed by atoms with Gasteiger partial charge in [-0.05, 0) is 49.2 Å². The van der Waals surface area contributed by atoms with Crippen LogP contribution in [0.1, 0.15) is 21.5 Å². The lowest BCUT2D eigenvalue weighted by Crippen LogP contribution is -2.28. The molecule has 0 radical (unpaired) electrons. The molecule has 2 aromatic carbocycles. The number of benzene rings is 2. The molecule has 0 bridgehead atoms. The first kappa shape index (κ1) is 15.9. The van der Waals surface area contributed by atoms with Crippen LogP contribution >= 0.6 is 0 Å². The van der Waals surface area contributed by atoms with Crippen LogP contribution in [0.4, 0.5) is 0 Å². The molecule has 0 aliphatic heterocycles. The highest BCUT2D eigenvalue weighted by atomic mass is 16.5. The number of aryl methyl sites for hydroxylation is 2. The summed E-state index contributed by atoms with van der Waals surface area (Å²) in [6, 6.07) is 13.1. The first-order valence-corrected chi connectivity index (χ1v) is 7.23. The minimum Gasteiger partial charge on any atom is -0.493 e. The number of methoxy groups -OCH3 is 1. The lowest BCUT2D eigenvalue weighted by Gasteiger charge is -2.11. The van der Waals surface area contributed by atoms with Gasteiger partial charge in [0, 0.05) is 5.56 Å². The molecule has 0 aromatic heterocycles. The fourth-order valence-corrected chi connectivity index (χ4v) is 2.05. The summed E-state index contributed by atoms with van der Waals surface area (Å²) in [5.41, 5.74) is 2.95. The molecule has 0 saturated heterocycles. The van der Waals surface area contributed by atoms with Crippen molar-refractivity contribution in [2.75, 3.05) is 20.3 Å². The second-order valence-electron chi connectivity index (χ2n) is 5.05. The maximum absolute atomic E-state index is 12.1. The van der Waals surface area contributed by atoms with Crippen LogP contribution in [-0.2, 0) is 0 Å². The number of amides is 1. The number of carbonyl (C=O) groups excluding carboxylic acids is 1.